The topological polar surface area (TPSA) is 52.5 Å². The van der Waals surface area contributed by atoms with E-state index in [1.165, 1.54) is 6.42 Å². The highest BCUT2D eigenvalue weighted by atomic mass is 16.3. The fraction of sp³-hybridized carbons (Fsp3) is 1.00. The largest absolute Gasteiger partial charge is 0.395 e. The summed E-state index contributed by atoms with van der Waals surface area (Å²) in [7, 11) is 0. The number of aliphatic hydroxyl groups excluding tert-OH is 1. The Hall–Kier alpha value is -0.120. The van der Waals surface area contributed by atoms with Crippen LogP contribution in [-0.4, -0.2) is 35.0 Å². The van der Waals surface area contributed by atoms with E-state index in [1.54, 1.807) is 0 Å². The first-order valence-corrected chi connectivity index (χ1v) is 5.77. The van der Waals surface area contributed by atoms with Gasteiger partial charge in [0.25, 0.3) is 0 Å². The van der Waals surface area contributed by atoms with E-state index in [0.29, 0.717) is 6.54 Å². The van der Waals surface area contributed by atoms with Crippen LogP contribution < -0.4 is 5.32 Å². The smallest absolute Gasteiger partial charge is 0.0771 e. The normalized spacial score (nSPS) is 23.4. The minimum absolute atomic E-state index is 0.140. The molecule has 0 amide bonds. The second-order valence-electron chi connectivity index (χ2n) is 4.45. The van der Waals surface area contributed by atoms with Crippen molar-refractivity contribution in [1.82, 2.24) is 5.32 Å². The molecule has 1 fully saturated rings. The molecule has 1 rings (SSSR count). The fourth-order valence-electron chi connectivity index (χ4n) is 2.06. The predicted octanol–water partition coefficient (Wildman–Crippen LogP) is 1.04. The van der Waals surface area contributed by atoms with Crippen LogP contribution in [0, 0.1) is 0 Å². The first kappa shape index (κ1) is 12.0. The summed E-state index contributed by atoms with van der Waals surface area (Å²) in [4.78, 5) is 0. The lowest BCUT2D eigenvalue weighted by molar-refractivity contribution is 0.00101. The van der Waals surface area contributed by atoms with Crippen LogP contribution >= 0.6 is 0 Å². The van der Waals surface area contributed by atoms with Gasteiger partial charge >= 0.3 is 0 Å². The molecule has 0 saturated heterocycles. The van der Waals surface area contributed by atoms with Crippen molar-refractivity contribution in [2.45, 2.75) is 57.1 Å². The Labute approximate surface area is 86.5 Å². The average molecular weight is 201 g/mol. The minimum atomic E-state index is -0.513. The zero-order valence-corrected chi connectivity index (χ0v) is 9.13. The Balaban J connectivity index is 2.27. The molecule has 84 valence electrons. The Morgan fingerprint density at radius 1 is 1.29 bits per heavy atom. The summed E-state index contributed by atoms with van der Waals surface area (Å²) >= 11 is 0. The van der Waals surface area contributed by atoms with Crippen LogP contribution in [0.1, 0.15) is 45.4 Å². The van der Waals surface area contributed by atoms with Gasteiger partial charge in [-0.05, 0) is 19.3 Å². The Kier molecular flexibility index (Phi) is 4.85. The molecular formula is C11H23NO2. The molecule has 3 heteroatoms. The van der Waals surface area contributed by atoms with Crippen molar-refractivity contribution in [1.29, 1.82) is 0 Å². The summed E-state index contributed by atoms with van der Waals surface area (Å²) in [6.45, 7) is 2.83. The third kappa shape index (κ3) is 3.56. The lowest BCUT2D eigenvalue weighted by atomic mass is 9.85. The predicted molar refractivity (Wildman–Crippen MR) is 57.2 cm³/mol. The van der Waals surface area contributed by atoms with Crippen molar-refractivity contribution in [3.05, 3.63) is 0 Å². The van der Waals surface area contributed by atoms with Crippen LogP contribution in [0.4, 0.5) is 0 Å². The van der Waals surface area contributed by atoms with Crippen molar-refractivity contribution < 1.29 is 10.2 Å². The SMILES string of the molecule is CCC(CO)NCC1(O)CCCCC1. The Bertz CT molecular complexity index is 151. The van der Waals surface area contributed by atoms with Crippen molar-refractivity contribution in [3.63, 3.8) is 0 Å². The zero-order valence-electron chi connectivity index (χ0n) is 9.13. The van der Waals surface area contributed by atoms with Crippen LogP contribution in [0.3, 0.4) is 0 Å². The molecule has 1 aliphatic carbocycles. The molecule has 14 heavy (non-hydrogen) atoms. The molecule has 0 heterocycles. The van der Waals surface area contributed by atoms with Gasteiger partial charge in [0.15, 0.2) is 0 Å². The highest BCUT2D eigenvalue weighted by Gasteiger charge is 2.29. The molecule has 0 bridgehead atoms. The van der Waals surface area contributed by atoms with Crippen LogP contribution in [0.2, 0.25) is 0 Å². The van der Waals surface area contributed by atoms with Crippen LogP contribution in [0.15, 0.2) is 0 Å². The van der Waals surface area contributed by atoms with Crippen LogP contribution in [-0.2, 0) is 0 Å². The summed E-state index contributed by atoms with van der Waals surface area (Å²) in [6, 6.07) is 0.140. The molecule has 0 aromatic carbocycles. The van der Waals surface area contributed by atoms with Crippen molar-refractivity contribution in [2.75, 3.05) is 13.2 Å². The van der Waals surface area contributed by atoms with E-state index < -0.39 is 5.60 Å². The van der Waals surface area contributed by atoms with E-state index in [-0.39, 0.29) is 12.6 Å². The van der Waals surface area contributed by atoms with Crippen molar-refractivity contribution >= 4 is 0 Å². The van der Waals surface area contributed by atoms with Gasteiger partial charge in [-0.3, -0.25) is 0 Å². The first-order chi connectivity index (χ1) is 6.70. The molecular weight excluding hydrogens is 178 g/mol. The van der Waals surface area contributed by atoms with Gasteiger partial charge < -0.3 is 15.5 Å². The molecule has 0 aromatic rings. The van der Waals surface area contributed by atoms with E-state index in [9.17, 15) is 5.11 Å². The third-order valence-corrected chi connectivity index (χ3v) is 3.22. The summed E-state index contributed by atoms with van der Waals surface area (Å²) < 4.78 is 0. The zero-order chi connectivity index (χ0) is 10.4. The highest BCUT2D eigenvalue weighted by molar-refractivity contribution is 4.85. The lowest BCUT2D eigenvalue weighted by Gasteiger charge is -2.33. The maximum atomic E-state index is 10.2. The van der Waals surface area contributed by atoms with E-state index in [4.69, 9.17) is 5.11 Å². The third-order valence-electron chi connectivity index (χ3n) is 3.22. The molecule has 1 atom stereocenters. The minimum Gasteiger partial charge on any atom is -0.395 e. The quantitative estimate of drug-likeness (QED) is 0.623. The highest BCUT2D eigenvalue weighted by Crippen LogP contribution is 2.27. The Morgan fingerprint density at radius 2 is 1.93 bits per heavy atom. The second kappa shape index (κ2) is 5.69. The van der Waals surface area contributed by atoms with Gasteiger partial charge in [0, 0.05) is 12.6 Å². The molecule has 1 saturated carbocycles. The molecule has 3 N–H and O–H groups in total. The Morgan fingerprint density at radius 3 is 2.43 bits per heavy atom. The first-order valence-electron chi connectivity index (χ1n) is 5.77. The molecule has 0 aliphatic heterocycles. The summed E-state index contributed by atoms with van der Waals surface area (Å²) in [5.74, 6) is 0. The van der Waals surface area contributed by atoms with Crippen LogP contribution in [0.25, 0.3) is 0 Å². The number of nitrogens with one attached hydrogen (secondary N) is 1. The number of rotatable bonds is 5. The second-order valence-corrected chi connectivity index (χ2v) is 4.45. The summed E-state index contributed by atoms with van der Waals surface area (Å²) in [6.07, 6.45) is 6.23. The monoisotopic (exact) mass is 201 g/mol. The van der Waals surface area contributed by atoms with E-state index in [0.717, 1.165) is 32.1 Å². The van der Waals surface area contributed by atoms with E-state index >= 15 is 0 Å². The van der Waals surface area contributed by atoms with Gasteiger partial charge in [-0.1, -0.05) is 26.2 Å². The van der Waals surface area contributed by atoms with Gasteiger partial charge in [-0.25, -0.2) is 0 Å². The van der Waals surface area contributed by atoms with Crippen LogP contribution in [0.5, 0.6) is 0 Å². The van der Waals surface area contributed by atoms with Gasteiger partial charge in [-0.15, -0.1) is 0 Å². The molecule has 0 aromatic heterocycles. The maximum Gasteiger partial charge on any atom is 0.0771 e. The van der Waals surface area contributed by atoms with E-state index in [2.05, 4.69) is 5.32 Å². The standard InChI is InChI=1S/C11H23NO2/c1-2-10(8-13)12-9-11(14)6-4-3-5-7-11/h10,12-14H,2-9H2,1H3. The molecule has 1 unspecified atom stereocenters. The fourth-order valence-corrected chi connectivity index (χ4v) is 2.06. The van der Waals surface area contributed by atoms with Gasteiger partial charge in [0.05, 0.1) is 12.2 Å². The molecule has 3 nitrogen and oxygen atoms in total. The molecule has 0 spiro atoms. The van der Waals surface area contributed by atoms with E-state index in [1.807, 2.05) is 6.92 Å². The number of aliphatic hydroxyl groups is 2. The molecule has 0 radical (unpaired) electrons. The maximum absolute atomic E-state index is 10.2. The van der Waals surface area contributed by atoms with Gasteiger partial charge in [0.2, 0.25) is 0 Å². The van der Waals surface area contributed by atoms with Crippen molar-refractivity contribution in [3.8, 4) is 0 Å². The average Bonchev–Trinajstić information content (AvgIpc) is 2.20. The van der Waals surface area contributed by atoms with Gasteiger partial charge in [0.1, 0.15) is 0 Å². The summed E-state index contributed by atoms with van der Waals surface area (Å²) in [5.41, 5.74) is -0.513. The number of hydrogen-bond acceptors (Lipinski definition) is 3. The lowest BCUT2D eigenvalue weighted by Crippen LogP contribution is -2.46. The number of hydrogen-bond donors (Lipinski definition) is 3. The van der Waals surface area contributed by atoms with Crippen molar-refractivity contribution in [2.24, 2.45) is 0 Å². The van der Waals surface area contributed by atoms with Gasteiger partial charge in [-0.2, -0.15) is 0 Å². The molecule has 1 aliphatic rings. The summed E-state index contributed by atoms with van der Waals surface area (Å²) in [5, 5.41) is 22.4.